The molecule has 27 heavy (non-hydrogen) atoms. The highest BCUT2D eigenvalue weighted by molar-refractivity contribution is 6.30. The Bertz CT molecular complexity index is 801. The summed E-state index contributed by atoms with van der Waals surface area (Å²) in [5, 5.41) is 3.69. The fourth-order valence-electron chi connectivity index (χ4n) is 3.21. The predicted octanol–water partition coefficient (Wildman–Crippen LogP) is 3.35. The normalized spacial score (nSPS) is 15.9. The lowest BCUT2D eigenvalue weighted by Gasteiger charge is -2.35. The number of ketones is 1. The van der Waals surface area contributed by atoms with Crippen LogP contribution < -0.4 is 5.32 Å². The standard InChI is InChI=1S/C21H23ClN2O3/c1-15(25)16-5-7-17(8-6-16)21(26)23-14-20(24-9-11-27-12-10-24)18-3-2-4-19(22)13-18/h2-8,13,20H,9-12,14H2,1H3,(H,23,26). The lowest BCUT2D eigenvalue weighted by Crippen LogP contribution is -2.43. The van der Waals surface area contributed by atoms with E-state index in [9.17, 15) is 9.59 Å². The molecule has 0 bridgehead atoms. The molecule has 1 atom stereocenters. The summed E-state index contributed by atoms with van der Waals surface area (Å²) in [4.78, 5) is 26.2. The van der Waals surface area contributed by atoms with Crippen LogP contribution in [0.1, 0.15) is 39.2 Å². The first kappa shape index (κ1) is 19.5. The summed E-state index contributed by atoms with van der Waals surface area (Å²) >= 11 is 6.17. The van der Waals surface area contributed by atoms with Gasteiger partial charge in [-0.2, -0.15) is 0 Å². The van der Waals surface area contributed by atoms with Crippen LogP contribution in [-0.2, 0) is 4.74 Å². The molecule has 2 aromatic carbocycles. The molecular weight excluding hydrogens is 364 g/mol. The van der Waals surface area contributed by atoms with Crippen LogP contribution in [0.4, 0.5) is 0 Å². The third-order valence-corrected chi connectivity index (χ3v) is 4.96. The number of carbonyl (C=O) groups is 2. The van der Waals surface area contributed by atoms with Crippen molar-refractivity contribution in [3.05, 3.63) is 70.2 Å². The van der Waals surface area contributed by atoms with E-state index >= 15 is 0 Å². The second-order valence-corrected chi connectivity index (χ2v) is 7.00. The largest absolute Gasteiger partial charge is 0.379 e. The van der Waals surface area contributed by atoms with Crippen molar-refractivity contribution in [3.63, 3.8) is 0 Å². The van der Waals surface area contributed by atoms with Gasteiger partial charge in [0.1, 0.15) is 0 Å². The summed E-state index contributed by atoms with van der Waals surface area (Å²) in [6, 6.07) is 14.5. The maximum absolute atomic E-state index is 12.5. The Morgan fingerprint density at radius 3 is 2.41 bits per heavy atom. The molecule has 3 rings (SSSR count). The van der Waals surface area contributed by atoms with Crippen LogP contribution in [0.25, 0.3) is 0 Å². The Hall–Kier alpha value is -2.21. The summed E-state index contributed by atoms with van der Waals surface area (Å²) in [5.74, 6) is -0.180. The van der Waals surface area contributed by atoms with Crippen molar-refractivity contribution in [2.45, 2.75) is 13.0 Å². The quantitative estimate of drug-likeness (QED) is 0.773. The van der Waals surface area contributed by atoms with Crippen LogP contribution in [0.5, 0.6) is 0 Å². The third-order valence-electron chi connectivity index (χ3n) is 4.73. The predicted molar refractivity (Wildman–Crippen MR) is 105 cm³/mol. The summed E-state index contributed by atoms with van der Waals surface area (Å²) in [5.41, 5.74) is 2.19. The average molecular weight is 387 g/mol. The van der Waals surface area contributed by atoms with Crippen molar-refractivity contribution >= 4 is 23.3 Å². The minimum Gasteiger partial charge on any atom is -0.379 e. The van der Waals surface area contributed by atoms with Crippen LogP contribution in [0.2, 0.25) is 5.02 Å². The Balaban J connectivity index is 1.71. The van der Waals surface area contributed by atoms with Crippen molar-refractivity contribution in [1.29, 1.82) is 0 Å². The van der Waals surface area contributed by atoms with Crippen molar-refractivity contribution in [3.8, 4) is 0 Å². The zero-order chi connectivity index (χ0) is 19.2. The first-order valence-electron chi connectivity index (χ1n) is 9.01. The van der Waals surface area contributed by atoms with Crippen LogP contribution in [0, 0.1) is 0 Å². The van der Waals surface area contributed by atoms with Gasteiger partial charge in [-0.3, -0.25) is 14.5 Å². The van der Waals surface area contributed by atoms with Crippen LogP contribution in [-0.4, -0.2) is 49.4 Å². The zero-order valence-corrected chi connectivity index (χ0v) is 16.0. The molecule has 1 aliphatic rings. The molecule has 2 aromatic rings. The molecule has 0 saturated carbocycles. The van der Waals surface area contributed by atoms with E-state index in [1.807, 2.05) is 24.3 Å². The topological polar surface area (TPSA) is 58.6 Å². The number of morpholine rings is 1. The number of hydrogen-bond donors (Lipinski definition) is 1. The van der Waals surface area contributed by atoms with E-state index < -0.39 is 0 Å². The molecule has 1 unspecified atom stereocenters. The van der Waals surface area contributed by atoms with Gasteiger partial charge in [-0.25, -0.2) is 0 Å². The molecule has 1 N–H and O–H groups in total. The molecule has 0 radical (unpaired) electrons. The molecule has 1 fully saturated rings. The highest BCUT2D eigenvalue weighted by Crippen LogP contribution is 2.24. The zero-order valence-electron chi connectivity index (χ0n) is 15.3. The number of Topliss-reactive ketones (excluding diaryl/α,β-unsaturated/α-hetero) is 1. The number of amides is 1. The van der Waals surface area contributed by atoms with Crippen molar-refractivity contribution in [1.82, 2.24) is 10.2 Å². The van der Waals surface area contributed by atoms with Gasteiger partial charge in [-0.15, -0.1) is 0 Å². The number of hydrogen-bond acceptors (Lipinski definition) is 4. The number of ether oxygens (including phenoxy) is 1. The molecule has 0 aliphatic carbocycles. The first-order chi connectivity index (χ1) is 13.0. The van der Waals surface area contributed by atoms with Gasteiger partial charge in [-0.1, -0.05) is 35.9 Å². The van der Waals surface area contributed by atoms with Gasteiger partial charge in [0.15, 0.2) is 5.78 Å². The fourth-order valence-corrected chi connectivity index (χ4v) is 3.41. The minimum absolute atomic E-state index is 0.0182. The first-order valence-corrected chi connectivity index (χ1v) is 9.39. The number of nitrogens with one attached hydrogen (secondary N) is 1. The average Bonchev–Trinajstić information content (AvgIpc) is 2.69. The molecule has 142 valence electrons. The molecule has 5 nitrogen and oxygen atoms in total. The van der Waals surface area contributed by atoms with Crippen LogP contribution >= 0.6 is 11.6 Å². The monoisotopic (exact) mass is 386 g/mol. The van der Waals surface area contributed by atoms with E-state index in [-0.39, 0.29) is 17.7 Å². The number of halogens is 1. The molecule has 0 spiro atoms. The van der Waals surface area contributed by atoms with Crippen molar-refractivity contribution < 1.29 is 14.3 Å². The van der Waals surface area contributed by atoms with E-state index in [4.69, 9.17) is 16.3 Å². The highest BCUT2D eigenvalue weighted by atomic mass is 35.5. The van der Waals surface area contributed by atoms with Gasteiger partial charge in [0.05, 0.1) is 19.3 Å². The molecule has 1 aliphatic heterocycles. The van der Waals surface area contributed by atoms with Gasteiger partial charge in [0, 0.05) is 35.8 Å². The maximum Gasteiger partial charge on any atom is 0.251 e. The van der Waals surface area contributed by atoms with Crippen molar-refractivity contribution in [2.24, 2.45) is 0 Å². The SMILES string of the molecule is CC(=O)c1ccc(C(=O)NCC(c2cccc(Cl)c2)N2CCOCC2)cc1. The molecule has 1 heterocycles. The number of carbonyl (C=O) groups excluding carboxylic acids is 2. The van der Waals surface area contributed by atoms with Crippen LogP contribution in [0.3, 0.4) is 0 Å². The van der Waals surface area contributed by atoms with Gasteiger partial charge in [0.2, 0.25) is 0 Å². The summed E-state index contributed by atoms with van der Waals surface area (Å²) in [6.45, 7) is 4.94. The lowest BCUT2D eigenvalue weighted by atomic mass is 10.0. The second kappa shape index (κ2) is 9.13. The molecule has 6 heteroatoms. The number of benzene rings is 2. The Morgan fingerprint density at radius 2 is 1.78 bits per heavy atom. The Morgan fingerprint density at radius 1 is 1.11 bits per heavy atom. The number of nitrogens with zero attached hydrogens (tertiary/aromatic N) is 1. The van der Waals surface area contributed by atoms with E-state index in [0.717, 1.165) is 18.7 Å². The third kappa shape index (κ3) is 5.16. The van der Waals surface area contributed by atoms with Crippen LogP contribution in [0.15, 0.2) is 48.5 Å². The molecule has 1 saturated heterocycles. The Kier molecular flexibility index (Phi) is 6.61. The minimum atomic E-state index is -0.162. The summed E-state index contributed by atoms with van der Waals surface area (Å²) < 4.78 is 5.45. The van der Waals surface area contributed by atoms with Gasteiger partial charge >= 0.3 is 0 Å². The molecular formula is C21H23ClN2O3. The number of rotatable bonds is 6. The maximum atomic E-state index is 12.5. The van der Waals surface area contributed by atoms with Gasteiger partial charge in [-0.05, 0) is 36.8 Å². The van der Waals surface area contributed by atoms with E-state index in [0.29, 0.717) is 35.9 Å². The van der Waals surface area contributed by atoms with E-state index in [1.54, 1.807) is 24.3 Å². The molecule has 1 amide bonds. The van der Waals surface area contributed by atoms with Gasteiger partial charge < -0.3 is 10.1 Å². The van der Waals surface area contributed by atoms with Crippen molar-refractivity contribution in [2.75, 3.05) is 32.8 Å². The smallest absolute Gasteiger partial charge is 0.251 e. The fraction of sp³-hybridized carbons (Fsp3) is 0.333. The highest BCUT2D eigenvalue weighted by Gasteiger charge is 2.23. The summed E-state index contributed by atoms with van der Waals surface area (Å²) in [7, 11) is 0. The summed E-state index contributed by atoms with van der Waals surface area (Å²) in [6.07, 6.45) is 0. The second-order valence-electron chi connectivity index (χ2n) is 6.56. The lowest BCUT2D eigenvalue weighted by molar-refractivity contribution is 0.0162. The Labute approximate surface area is 164 Å². The van der Waals surface area contributed by atoms with E-state index in [2.05, 4.69) is 10.2 Å². The van der Waals surface area contributed by atoms with Gasteiger partial charge in [0.25, 0.3) is 5.91 Å². The molecule has 0 aromatic heterocycles. The van der Waals surface area contributed by atoms with E-state index in [1.165, 1.54) is 6.92 Å².